The van der Waals surface area contributed by atoms with Crippen LogP contribution in [0.5, 0.6) is 0 Å². The van der Waals surface area contributed by atoms with Crippen LogP contribution in [0.2, 0.25) is 0 Å². The molecule has 1 fully saturated rings. The van der Waals surface area contributed by atoms with Gasteiger partial charge in [-0.3, -0.25) is 19.3 Å². The van der Waals surface area contributed by atoms with Crippen molar-refractivity contribution in [3.63, 3.8) is 0 Å². The van der Waals surface area contributed by atoms with E-state index < -0.39 is 5.41 Å². The number of nitrogens with two attached hydrogens (primary N) is 1. The predicted molar refractivity (Wildman–Crippen MR) is 256 cm³/mol. The van der Waals surface area contributed by atoms with Crippen LogP contribution in [0.1, 0.15) is 50.9 Å². The van der Waals surface area contributed by atoms with Crippen LogP contribution in [-0.4, -0.2) is 209 Å². The number of nitrogens with zero attached hydrogens (tertiary/aromatic N) is 6. The molecule has 0 spiro atoms. The second-order valence-electron chi connectivity index (χ2n) is 17.4. The fourth-order valence-electron chi connectivity index (χ4n) is 7.86. The highest BCUT2D eigenvalue weighted by molar-refractivity contribution is 6.12. The lowest BCUT2D eigenvalue weighted by Crippen LogP contribution is -2.46. The first-order valence-corrected chi connectivity index (χ1v) is 24.2. The van der Waals surface area contributed by atoms with Crippen LogP contribution in [0.3, 0.4) is 0 Å². The molecule has 1 aromatic carbocycles. The number of nitrogen functional groups attached to an aromatic ring is 1. The van der Waals surface area contributed by atoms with Crippen molar-refractivity contribution in [1.82, 2.24) is 34.6 Å². The molecule has 2 aliphatic rings. The number of unbranched alkanes of at least 4 members (excludes halogenated alkanes) is 1. The third kappa shape index (κ3) is 18.3. The standard InChI is InChI=1S/C48H76N8O12/c1-3-62-34-41-52-45-46(56(41)35-48(2,36-57)37-58)39-9-8-38(33-40(39)51-47(45)49)7-6-15-54-18-16-53(17-19-54)14-5-4-13-50-42(59)12-21-63-23-25-65-27-29-67-31-32-68-30-28-66-26-24-64-22-20-55-43(60)10-11-44(55)61/h8-11,33,57-58H,3-7,12-32,34-37H2,1-2H3,(H2,49,51)(H,50,59). The van der Waals surface area contributed by atoms with Gasteiger partial charge in [0.05, 0.1) is 110 Å². The van der Waals surface area contributed by atoms with Gasteiger partial charge in [0.2, 0.25) is 5.91 Å². The van der Waals surface area contributed by atoms with Crippen molar-refractivity contribution in [2.45, 2.75) is 59.1 Å². The molecule has 0 aliphatic carbocycles. The number of anilines is 1. The quantitative estimate of drug-likeness (QED) is 0.0474. The Kier molecular flexibility index (Phi) is 24.5. The van der Waals surface area contributed by atoms with Crippen LogP contribution in [0.25, 0.3) is 21.9 Å². The normalized spacial score (nSPS) is 15.0. The minimum atomic E-state index is -0.749. The molecule has 2 aromatic heterocycles. The molecule has 1 saturated heterocycles. The highest BCUT2D eigenvalue weighted by atomic mass is 16.6. The fourth-order valence-corrected chi connectivity index (χ4v) is 7.86. The van der Waals surface area contributed by atoms with Gasteiger partial charge >= 0.3 is 0 Å². The maximum atomic E-state index is 12.3. The van der Waals surface area contributed by atoms with Gasteiger partial charge in [-0.15, -0.1) is 0 Å². The van der Waals surface area contributed by atoms with Crippen molar-refractivity contribution in [1.29, 1.82) is 0 Å². The third-order valence-electron chi connectivity index (χ3n) is 11.9. The maximum Gasteiger partial charge on any atom is 0.253 e. The number of aryl methyl sites for hydroxylation is 1. The summed E-state index contributed by atoms with van der Waals surface area (Å²) in [5.41, 5.74) is 9.17. The van der Waals surface area contributed by atoms with E-state index in [2.05, 4.69) is 33.3 Å². The number of benzene rings is 1. The topological polar surface area (TPSA) is 235 Å². The van der Waals surface area contributed by atoms with Crippen LogP contribution in [0.15, 0.2) is 30.4 Å². The van der Waals surface area contributed by atoms with E-state index >= 15 is 0 Å². The van der Waals surface area contributed by atoms with Crippen molar-refractivity contribution in [3.05, 3.63) is 41.7 Å². The summed E-state index contributed by atoms with van der Waals surface area (Å²) in [5.74, 6) is 0.411. The Morgan fingerprint density at radius 2 is 1.29 bits per heavy atom. The van der Waals surface area contributed by atoms with Gasteiger partial charge in [-0.25, -0.2) is 9.97 Å². The molecule has 4 heterocycles. The second kappa shape index (κ2) is 30.4. The average Bonchev–Trinajstić information content (AvgIpc) is 3.87. The van der Waals surface area contributed by atoms with Gasteiger partial charge in [-0.05, 0) is 57.3 Å². The fraction of sp³-hybridized carbons (Fsp3) is 0.688. The molecule has 2 aliphatic heterocycles. The van der Waals surface area contributed by atoms with Gasteiger partial charge in [0.1, 0.15) is 17.9 Å². The number of aliphatic hydroxyl groups is 2. The number of hydrogen-bond acceptors (Lipinski definition) is 17. The summed E-state index contributed by atoms with van der Waals surface area (Å²) in [5, 5.41) is 24.1. The van der Waals surface area contributed by atoms with E-state index in [9.17, 15) is 24.6 Å². The van der Waals surface area contributed by atoms with Crippen LogP contribution in [-0.2, 0) is 67.1 Å². The predicted octanol–water partition coefficient (Wildman–Crippen LogP) is 1.56. The van der Waals surface area contributed by atoms with Gasteiger partial charge in [-0.2, -0.15) is 0 Å². The molecule has 20 heteroatoms. The molecular formula is C48H76N8O12. The lowest BCUT2D eigenvalue weighted by Gasteiger charge is -2.34. The number of nitrogens with one attached hydrogen (secondary N) is 1. The molecule has 0 atom stereocenters. The third-order valence-corrected chi connectivity index (χ3v) is 11.9. The number of fused-ring (bicyclic) bond motifs is 3. The molecule has 5 rings (SSSR count). The molecule has 3 amide bonds. The molecule has 5 N–H and O–H groups in total. The minimum Gasteiger partial charge on any atom is -0.396 e. The number of amides is 3. The Morgan fingerprint density at radius 1 is 0.735 bits per heavy atom. The Morgan fingerprint density at radius 3 is 1.87 bits per heavy atom. The molecular weight excluding hydrogens is 881 g/mol. The summed E-state index contributed by atoms with van der Waals surface area (Å²) >= 11 is 0. The van der Waals surface area contributed by atoms with Crippen molar-refractivity contribution in [2.75, 3.05) is 157 Å². The lowest BCUT2D eigenvalue weighted by atomic mass is 9.92. The smallest absolute Gasteiger partial charge is 0.253 e. The van der Waals surface area contributed by atoms with E-state index in [0.717, 1.165) is 86.3 Å². The molecule has 0 saturated carbocycles. The number of imidazole rings is 1. The molecule has 0 bridgehead atoms. The van der Waals surface area contributed by atoms with E-state index in [1.165, 1.54) is 17.7 Å². The van der Waals surface area contributed by atoms with Crippen molar-refractivity contribution in [3.8, 4) is 0 Å². The van der Waals surface area contributed by atoms with Crippen molar-refractivity contribution >= 4 is 45.5 Å². The zero-order valence-corrected chi connectivity index (χ0v) is 40.3. The first-order valence-electron chi connectivity index (χ1n) is 24.2. The number of aromatic nitrogens is 3. The zero-order valence-electron chi connectivity index (χ0n) is 40.3. The number of hydrogen-bond donors (Lipinski definition) is 4. The molecule has 0 unspecified atom stereocenters. The lowest BCUT2D eigenvalue weighted by molar-refractivity contribution is -0.137. The van der Waals surface area contributed by atoms with E-state index in [0.29, 0.717) is 123 Å². The highest BCUT2D eigenvalue weighted by Gasteiger charge is 2.28. The average molecular weight is 957 g/mol. The Hall–Kier alpha value is -4.19. The zero-order chi connectivity index (χ0) is 48.4. The molecule has 3 aromatic rings. The number of piperazine rings is 1. The van der Waals surface area contributed by atoms with Gasteiger partial charge in [0, 0.05) is 75.2 Å². The van der Waals surface area contributed by atoms with Crippen molar-refractivity contribution in [2.24, 2.45) is 5.41 Å². The summed E-state index contributed by atoms with van der Waals surface area (Å²) in [7, 11) is 0. The van der Waals surface area contributed by atoms with Crippen LogP contribution in [0, 0.1) is 5.41 Å². The Bertz CT molecular complexity index is 1990. The monoisotopic (exact) mass is 957 g/mol. The second-order valence-corrected chi connectivity index (χ2v) is 17.4. The minimum absolute atomic E-state index is 0.00198. The molecule has 68 heavy (non-hydrogen) atoms. The summed E-state index contributed by atoms with van der Waals surface area (Å²) < 4.78 is 40.6. The summed E-state index contributed by atoms with van der Waals surface area (Å²) in [6, 6.07) is 6.36. The van der Waals surface area contributed by atoms with Crippen LogP contribution < -0.4 is 11.1 Å². The molecule has 0 radical (unpaired) electrons. The SMILES string of the molecule is CCOCc1nc2c(N)nc3cc(CCCN4CCN(CCCCNC(=O)CCOCCOCCOCCOCCOCCOCCN5C(=O)C=CC5=O)CC4)ccc3c2n1CC(C)(CO)CO. The Balaban J connectivity index is 0.810. The Labute approximate surface area is 400 Å². The first kappa shape index (κ1) is 54.7. The highest BCUT2D eigenvalue weighted by Crippen LogP contribution is 2.32. The van der Waals surface area contributed by atoms with Gasteiger partial charge in [-0.1, -0.05) is 19.1 Å². The number of carbonyl (C=O) groups excluding carboxylic acids is 3. The van der Waals surface area contributed by atoms with Crippen LogP contribution >= 0.6 is 0 Å². The number of ether oxygens (including phenoxy) is 7. The van der Waals surface area contributed by atoms with Gasteiger partial charge in [0.25, 0.3) is 11.8 Å². The maximum absolute atomic E-state index is 12.3. The summed E-state index contributed by atoms with van der Waals surface area (Å²) in [4.78, 5) is 50.9. The van der Waals surface area contributed by atoms with E-state index in [-0.39, 0.29) is 44.1 Å². The van der Waals surface area contributed by atoms with Gasteiger partial charge < -0.3 is 68.8 Å². The number of aliphatic hydroxyl groups excluding tert-OH is 2. The summed E-state index contributed by atoms with van der Waals surface area (Å²) in [6.07, 6.45) is 6.77. The van der Waals surface area contributed by atoms with E-state index in [4.69, 9.17) is 48.9 Å². The van der Waals surface area contributed by atoms with Crippen molar-refractivity contribution < 1.29 is 57.8 Å². The number of carbonyl (C=O) groups is 3. The van der Waals surface area contributed by atoms with E-state index in [1.807, 2.05) is 18.4 Å². The molecule has 380 valence electrons. The van der Waals surface area contributed by atoms with E-state index in [1.54, 1.807) is 0 Å². The number of imide groups is 1. The number of pyridine rings is 1. The largest absolute Gasteiger partial charge is 0.396 e. The molecule has 20 nitrogen and oxygen atoms in total. The first-order chi connectivity index (χ1) is 33.1. The summed E-state index contributed by atoms with van der Waals surface area (Å²) in [6.45, 7) is 16.6. The van der Waals surface area contributed by atoms with Gasteiger partial charge in [0.15, 0.2) is 5.82 Å². The number of rotatable bonds is 37. The van der Waals surface area contributed by atoms with Crippen LogP contribution in [0.4, 0.5) is 5.82 Å².